The number of hydrogen-bond acceptors (Lipinski definition) is 6. The molecular weight excluding hydrogens is 603 g/mol. The number of rotatable bonds is 10. The molecule has 1 heterocycles. The normalized spacial score (nSPS) is 12.1. The van der Waals surface area contributed by atoms with Gasteiger partial charge in [-0.25, -0.2) is 9.37 Å². The molecule has 208 valence electrons. The van der Waals surface area contributed by atoms with Gasteiger partial charge in [0.2, 0.25) is 0 Å². The van der Waals surface area contributed by atoms with Crippen molar-refractivity contribution in [1.82, 2.24) is 9.66 Å². The molecule has 3 aromatic carbocycles. The van der Waals surface area contributed by atoms with Gasteiger partial charge in [-0.05, 0) is 73.5 Å². The van der Waals surface area contributed by atoms with Crippen LogP contribution in [-0.4, -0.2) is 35.0 Å². The molecule has 1 N–H and O–H groups in total. The standard InChI is InChI=1S/C29H27BrClFN4O4/c1-4-17(3)28-35-24-11-6-19(30)14-22(24)29(38)36(28)33-15-18-12-23(31)27(25(13-18)39-5-2)40-16-26(37)34-21-9-7-20(32)8-10-21/h6-15,17H,4-5,16H2,1-3H3,(H,34,37)/t17-/m0/s1. The van der Waals surface area contributed by atoms with E-state index in [4.69, 9.17) is 26.1 Å². The number of hydrogen-bond donors (Lipinski definition) is 1. The maximum Gasteiger partial charge on any atom is 0.282 e. The minimum absolute atomic E-state index is 0.0164. The van der Waals surface area contributed by atoms with Crippen LogP contribution in [0.3, 0.4) is 0 Å². The van der Waals surface area contributed by atoms with Crippen LogP contribution in [0.15, 0.2) is 69.0 Å². The van der Waals surface area contributed by atoms with Crippen LogP contribution in [0.5, 0.6) is 11.5 Å². The Morgan fingerprint density at radius 1 is 1.18 bits per heavy atom. The molecule has 40 heavy (non-hydrogen) atoms. The zero-order chi connectivity index (χ0) is 28.8. The molecule has 1 aromatic heterocycles. The van der Waals surface area contributed by atoms with Crippen molar-refractivity contribution < 1.29 is 18.7 Å². The van der Waals surface area contributed by atoms with Gasteiger partial charge in [-0.15, -0.1) is 0 Å². The van der Waals surface area contributed by atoms with Crippen LogP contribution in [0.2, 0.25) is 5.02 Å². The topological polar surface area (TPSA) is 94.8 Å². The summed E-state index contributed by atoms with van der Waals surface area (Å²) in [6.07, 6.45) is 2.27. The van der Waals surface area contributed by atoms with Gasteiger partial charge in [0.1, 0.15) is 11.6 Å². The molecule has 11 heteroatoms. The maximum atomic E-state index is 13.4. The van der Waals surface area contributed by atoms with Gasteiger partial charge in [0.05, 0.1) is 28.7 Å². The highest BCUT2D eigenvalue weighted by atomic mass is 79.9. The molecule has 0 fully saturated rings. The Morgan fingerprint density at radius 3 is 2.62 bits per heavy atom. The zero-order valence-corrected chi connectivity index (χ0v) is 24.4. The fraction of sp³-hybridized carbons (Fsp3) is 0.241. The van der Waals surface area contributed by atoms with E-state index < -0.39 is 11.7 Å². The van der Waals surface area contributed by atoms with Crippen molar-refractivity contribution in [2.24, 2.45) is 5.10 Å². The number of fused-ring (bicyclic) bond motifs is 1. The van der Waals surface area contributed by atoms with E-state index >= 15 is 0 Å². The van der Waals surface area contributed by atoms with E-state index in [0.717, 1.165) is 10.9 Å². The van der Waals surface area contributed by atoms with Crippen LogP contribution in [0.4, 0.5) is 10.1 Å². The summed E-state index contributed by atoms with van der Waals surface area (Å²) in [6.45, 7) is 5.77. The van der Waals surface area contributed by atoms with Crippen molar-refractivity contribution in [3.05, 3.63) is 91.7 Å². The van der Waals surface area contributed by atoms with Crippen molar-refractivity contribution in [3.63, 3.8) is 0 Å². The van der Waals surface area contributed by atoms with Gasteiger partial charge < -0.3 is 14.8 Å². The fourth-order valence-electron chi connectivity index (χ4n) is 3.84. The van der Waals surface area contributed by atoms with Crippen LogP contribution in [0, 0.1) is 5.82 Å². The van der Waals surface area contributed by atoms with E-state index in [1.807, 2.05) is 19.9 Å². The first-order valence-electron chi connectivity index (χ1n) is 12.6. The van der Waals surface area contributed by atoms with Crippen molar-refractivity contribution >= 4 is 56.2 Å². The van der Waals surface area contributed by atoms with Gasteiger partial charge in [-0.3, -0.25) is 9.59 Å². The minimum atomic E-state index is -0.455. The largest absolute Gasteiger partial charge is 0.490 e. The first-order chi connectivity index (χ1) is 19.2. The maximum absolute atomic E-state index is 13.4. The van der Waals surface area contributed by atoms with E-state index in [1.54, 1.807) is 31.2 Å². The van der Waals surface area contributed by atoms with Gasteiger partial charge >= 0.3 is 0 Å². The molecule has 0 bridgehead atoms. The van der Waals surface area contributed by atoms with Crippen molar-refractivity contribution in [2.75, 3.05) is 18.5 Å². The van der Waals surface area contributed by atoms with E-state index in [1.165, 1.54) is 35.2 Å². The van der Waals surface area contributed by atoms with Crippen molar-refractivity contribution in [2.45, 2.75) is 33.1 Å². The molecule has 0 saturated carbocycles. The van der Waals surface area contributed by atoms with Crippen LogP contribution in [0.25, 0.3) is 10.9 Å². The van der Waals surface area contributed by atoms with Gasteiger partial charge in [0, 0.05) is 16.1 Å². The Kier molecular flexibility index (Phi) is 9.54. The highest BCUT2D eigenvalue weighted by Gasteiger charge is 2.17. The lowest BCUT2D eigenvalue weighted by Gasteiger charge is -2.15. The molecular formula is C29H27BrClFN4O4. The summed E-state index contributed by atoms with van der Waals surface area (Å²) in [6, 6.07) is 14.0. The number of amides is 1. The molecule has 0 aliphatic rings. The number of anilines is 1. The molecule has 0 radical (unpaired) electrons. The number of carbonyl (C=O) groups excluding carboxylic acids is 1. The lowest BCUT2D eigenvalue weighted by molar-refractivity contribution is -0.118. The molecule has 4 aromatic rings. The van der Waals surface area contributed by atoms with Crippen molar-refractivity contribution in [1.29, 1.82) is 0 Å². The van der Waals surface area contributed by atoms with Gasteiger partial charge in [0.15, 0.2) is 18.1 Å². The van der Waals surface area contributed by atoms with Crippen LogP contribution < -0.4 is 20.3 Å². The summed E-state index contributed by atoms with van der Waals surface area (Å²) in [5.41, 5.74) is 1.29. The van der Waals surface area contributed by atoms with Gasteiger partial charge in [-0.2, -0.15) is 9.78 Å². The molecule has 4 rings (SSSR count). The van der Waals surface area contributed by atoms with Crippen LogP contribution in [-0.2, 0) is 4.79 Å². The number of benzene rings is 3. The third-order valence-electron chi connectivity index (χ3n) is 6.02. The molecule has 0 unspecified atom stereocenters. The minimum Gasteiger partial charge on any atom is -0.490 e. The smallest absolute Gasteiger partial charge is 0.282 e. The second kappa shape index (κ2) is 13.1. The Labute approximate surface area is 243 Å². The summed E-state index contributed by atoms with van der Waals surface area (Å²) >= 11 is 9.93. The number of ether oxygens (including phenoxy) is 2. The number of carbonyl (C=O) groups is 1. The molecule has 1 atom stereocenters. The summed E-state index contributed by atoms with van der Waals surface area (Å²) in [4.78, 5) is 30.5. The predicted octanol–water partition coefficient (Wildman–Crippen LogP) is 6.76. The first-order valence-corrected chi connectivity index (χ1v) is 13.8. The lowest BCUT2D eigenvalue weighted by atomic mass is 10.1. The monoisotopic (exact) mass is 628 g/mol. The van der Waals surface area contributed by atoms with Gasteiger partial charge in [-0.1, -0.05) is 41.4 Å². The third-order valence-corrected chi connectivity index (χ3v) is 6.79. The van der Waals surface area contributed by atoms with Crippen molar-refractivity contribution in [3.8, 4) is 11.5 Å². The molecule has 0 aliphatic carbocycles. The second-order valence-corrected chi connectivity index (χ2v) is 10.2. The summed E-state index contributed by atoms with van der Waals surface area (Å²) in [7, 11) is 0. The molecule has 0 saturated heterocycles. The zero-order valence-electron chi connectivity index (χ0n) is 22.1. The molecule has 0 aliphatic heterocycles. The predicted molar refractivity (Wildman–Crippen MR) is 159 cm³/mol. The molecule has 0 spiro atoms. The quantitative estimate of drug-likeness (QED) is 0.196. The Bertz CT molecular complexity index is 1630. The number of halogens is 3. The average molecular weight is 630 g/mol. The summed E-state index contributed by atoms with van der Waals surface area (Å²) in [5, 5.41) is 7.73. The highest BCUT2D eigenvalue weighted by molar-refractivity contribution is 9.10. The number of nitrogens with zero attached hydrogens (tertiary/aromatic N) is 3. The summed E-state index contributed by atoms with van der Waals surface area (Å²) < 4.78 is 26.6. The lowest BCUT2D eigenvalue weighted by Crippen LogP contribution is -2.23. The fourth-order valence-corrected chi connectivity index (χ4v) is 4.47. The molecule has 8 nitrogen and oxygen atoms in total. The Morgan fingerprint density at radius 2 is 1.93 bits per heavy atom. The average Bonchev–Trinajstić information content (AvgIpc) is 2.93. The summed E-state index contributed by atoms with van der Waals surface area (Å²) in [5.74, 6) is 0.157. The van der Waals surface area contributed by atoms with E-state index in [-0.39, 0.29) is 28.9 Å². The second-order valence-electron chi connectivity index (χ2n) is 8.91. The van der Waals surface area contributed by atoms with Crippen LogP contribution in [0.1, 0.15) is 44.5 Å². The number of aromatic nitrogens is 2. The Balaban J connectivity index is 1.62. The van der Waals surface area contributed by atoms with Gasteiger partial charge in [0.25, 0.3) is 11.5 Å². The van der Waals surface area contributed by atoms with E-state index in [9.17, 15) is 14.0 Å². The highest BCUT2D eigenvalue weighted by Crippen LogP contribution is 2.36. The first kappa shape index (κ1) is 29.2. The third kappa shape index (κ3) is 6.86. The molecule has 1 amide bonds. The SMILES string of the molecule is CCOc1cc(C=Nn2c([C@@H](C)CC)nc3ccc(Br)cc3c2=O)cc(Cl)c1OCC(=O)Nc1ccc(F)cc1. The van der Waals surface area contributed by atoms with Crippen LogP contribution >= 0.6 is 27.5 Å². The number of nitrogens with one attached hydrogen (secondary N) is 1. The van der Waals surface area contributed by atoms with E-state index in [0.29, 0.717) is 40.3 Å². The Hall–Kier alpha value is -3.76. The van der Waals surface area contributed by atoms with E-state index in [2.05, 4.69) is 26.3 Å².